The molecule has 0 aromatic carbocycles. The van der Waals surface area contributed by atoms with Gasteiger partial charge in [0.25, 0.3) is 0 Å². The van der Waals surface area contributed by atoms with Crippen LogP contribution in [-0.2, 0) is 0 Å². The minimum Gasteiger partial charge on any atom is -0.261 e. The third-order valence-electron chi connectivity index (χ3n) is 0.764. The van der Waals surface area contributed by atoms with Crippen LogP contribution in [0.3, 0.4) is 0 Å². The summed E-state index contributed by atoms with van der Waals surface area (Å²) in [5.74, 6) is 0. The van der Waals surface area contributed by atoms with Gasteiger partial charge in [-0.25, -0.2) is 0 Å². The zero-order chi connectivity index (χ0) is 8.70. The van der Waals surface area contributed by atoms with Crippen molar-refractivity contribution in [3.05, 3.63) is 4.91 Å². The molecule has 0 aromatic heterocycles. The number of rotatable bonds is 1. The van der Waals surface area contributed by atoms with E-state index in [2.05, 4.69) is 5.29 Å². The highest BCUT2D eigenvalue weighted by atomic mass is 16.3. The van der Waals surface area contributed by atoms with Gasteiger partial charge < -0.3 is 0 Å². The summed E-state index contributed by atoms with van der Waals surface area (Å²) in [6.45, 7) is -0.521. The molecular weight excluding hydrogens is 92.1 g/mol. The lowest BCUT2D eigenvalue weighted by atomic mass is 10.4. The van der Waals surface area contributed by atoms with Crippen LogP contribution in [0.1, 0.15) is 18.2 Å². The summed E-state index contributed by atoms with van der Waals surface area (Å²) >= 11 is 0. The van der Waals surface area contributed by atoms with Crippen molar-refractivity contribution in [1.29, 1.82) is 0 Å². The van der Waals surface area contributed by atoms with Crippen LogP contribution in [-0.4, -0.2) is 18.1 Å². The van der Waals surface area contributed by atoms with Crippen molar-refractivity contribution < 1.29 is 5.48 Å². The molecule has 1 saturated heterocycles. The molecule has 0 N–H and O–H groups in total. The third-order valence-corrected chi connectivity index (χ3v) is 0.764. The zero-order valence-corrected chi connectivity index (χ0v) is 3.72. The molecule has 1 aliphatic rings. The van der Waals surface area contributed by atoms with Crippen LogP contribution in [0.4, 0.5) is 0 Å². The van der Waals surface area contributed by atoms with Gasteiger partial charge in [0.2, 0.25) is 0 Å². The fraction of sp³-hybridized carbons (Fsp3) is 1.00. The quantitative estimate of drug-likeness (QED) is 0.460. The summed E-state index contributed by atoms with van der Waals surface area (Å²) in [5.41, 5.74) is 0. The Hall–Kier alpha value is -0.600. The van der Waals surface area contributed by atoms with E-state index in [1.807, 2.05) is 0 Å². The van der Waals surface area contributed by atoms with Crippen LogP contribution in [0.15, 0.2) is 5.29 Å². The minimum atomic E-state index is -1.97. The van der Waals surface area contributed by atoms with Gasteiger partial charge >= 0.3 is 0 Å². The fourth-order valence-electron chi connectivity index (χ4n) is 0.408. The van der Waals surface area contributed by atoms with E-state index in [4.69, 9.17) is 5.48 Å². The van der Waals surface area contributed by atoms with Gasteiger partial charge in [0, 0.05) is 18.6 Å². The normalized spacial score (nSPS) is 43.1. The number of nitroso groups, excluding NO2 is 1. The summed E-state index contributed by atoms with van der Waals surface area (Å²) in [6, 6.07) is 0. The molecule has 1 heterocycles. The van der Waals surface area contributed by atoms with Gasteiger partial charge in [0.05, 0.1) is 5.29 Å². The molecule has 0 saturated carbocycles. The third kappa shape index (κ3) is 0.885. The van der Waals surface area contributed by atoms with E-state index in [0.29, 0.717) is 0 Å². The first-order valence-corrected chi connectivity index (χ1v) is 1.97. The lowest BCUT2D eigenvalue weighted by molar-refractivity contribution is 0.355. The molecule has 0 radical (unpaired) electrons. The molecule has 0 aromatic rings. The van der Waals surface area contributed by atoms with Crippen molar-refractivity contribution >= 4 is 0 Å². The first-order chi connectivity index (χ1) is 4.89. The molecule has 1 rings (SSSR count). The summed E-state index contributed by atoms with van der Waals surface area (Å²) in [4.78, 5) is 9.93. The summed E-state index contributed by atoms with van der Waals surface area (Å²) < 4.78 is 28.7. The monoisotopic (exact) mass is 104 g/mol. The first-order valence-electron chi connectivity index (χ1n) is 3.97. The second kappa shape index (κ2) is 1.91. The highest BCUT2D eigenvalue weighted by molar-refractivity contribution is 4.59. The van der Waals surface area contributed by atoms with E-state index in [-0.39, 0.29) is 13.1 Å². The van der Waals surface area contributed by atoms with Crippen molar-refractivity contribution in [1.82, 2.24) is 5.01 Å². The maximum absolute atomic E-state index is 9.93. The number of nitrogens with zero attached hydrogens (tertiary/aromatic N) is 2. The molecule has 40 valence electrons. The Morgan fingerprint density at radius 3 is 2.43 bits per heavy atom. The second-order valence-corrected chi connectivity index (χ2v) is 1.26. The van der Waals surface area contributed by atoms with Crippen LogP contribution in [0.2, 0.25) is 0 Å². The molecule has 1 aliphatic heterocycles. The molecule has 0 spiro atoms. The van der Waals surface area contributed by atoms with Crippen LogP contribution < -0.4 is 0 Å². The largest absolute Gasteiger partial charge is 0.261 e. The van der Waals surface area contributed by atoms with E-state index in [1.165, 1.54) is 0 Å². The van der Waals surface area contributed by atoms with Crippen molar-refractivity contribution in [3.63, 3.8) is 0 Å². The lowest BCUT2D eigenvalue weighted by Crippen LogP contribution is -2.08. The van der Waals surface area contributed by atoms with Gasteiger partial charge in [-0.15, -0.1) is 4.91 Å². The van der Waals surface area contributed by atoms with Crippen LogP contribution in [0.25, 0.3) is 0 Å². The Morgan fingerprint density at radius 1 is 1.57 bits per heavy atom. The maximum Gasteiger partial charge on any atom is 0.0523 e. The van der Waals surface area contributed by atoms with E-state index < -0.39 is 12.7 Å². The molecule has 3 heteroatoms. The summed E-state index contributed by atoms with van der Waals surface area (Å²) in [6.07, 6.45) is -3.94. The molecule has 3 nitrogen and oxygen atoms in total. The van der Waals surface area contributed by atoms with Crippen LogP contribution in [0, 0.1) is 4.91 Å². The minimum absolute atomic E-state index is 0.260. The highest BCUT2D eigenvalue weighted by Crippen LogP contribution is 2.05. The molecule has 0 amide bonds. The van der Waals surface area contributed by atoms with Crippen molar-refractivity contribution in [3.8, 4) is 0 Å². The smallest absolute Gasteiger partial charge is 0.0523 e. The van der Waals surface area contributed by atoms with E-state index in [0.717, 1.165) is 5.01 Å². The van der Waals surface area contributed by atoms with Crippen molar-refractivity contribution in [2.24, 2.45) is 5.29 Å². The molecule has 1 fully saturated rings. The van der Waals surface area contributed by atoms with Gasteiger partial charge in [0.1, 0.15) is 0 Å². The Morgan fingerprint density at radius 2 is 2.14 bits per heavy atom. The Kier molecular flexibility index (Phi) is 0.471. The first kappa shape index (κ1) is 1.73. The van der Waals surface area contributed by atoms with Gasteiger partial charge in [-0.05, 0) is 12.7 Å². The van der Waals surface area contributed by atoms with Gasteiger partial charge in [-0.3, -0.25) is 5.01 Å². The molecule has 0 aliphatic carbocycles. The number of hydrogen-bond donors (Lipinski definition) is 0. The Balaban J connectivity index is 2.79. The average molecular weight is 104 g/mol. The summed E-state index contributed by atoms with van der Waals surface area (Å²) in [5, 5.41) is 3.34. The van der Waals surface area contributed by atoms with E-state index in [1.54, 1.807) is 0 Å². The van der Waals surface area contributed by atoms with E-state index in [9.17, 15) is 4.91 Å². The second-order valence-electron chi connectivity index (χ2n) is 1.26. The lowest BCUT2D eigenvalue weighted by Gasteiger charge is -2.00. The fourth-order valence-corrected chi connectivity index (χ4v) is 0.408. The van der Waals surface area contributed by atoms with Crippen LogP contribution >= 0.6 is 0 Å². The SMILES string of the molecule is [2H]C1([2H])CN(N=O)CC1([2H])[2H]. The topological polar surface area (TPSA) is 32.7 Å². The van der Waals surface area contributed by atoms with Gasteiger partial charge in [0.15, 0.2) is 0 Å². The zero-order valence-electron chi connectivity index (χ0n) is 7.72. The van der Waals surface area contributed by atoms with Crippen molar-refractivity contribution in [2.75, 3.05) is 13.1 Å². The average Bonchev–Trinajstić information content (AvgIpc) is 2.03. The maximum atomic E-state index is 9.93. The molecule has 7 heavy (non-hydrogen) atoms. The molecular formula is C4H8N2O. The molecule has 0 bridgehead atoms. The predicted octanol–water partition coefficient (Wildman–Crippen LogP) is 0.764. The molecule has 0 atom stereocenters. The van der Waals surface area contributed by atoms with Gasteiger partial charge in [-0.2, -0.15) is 0 Å². The van der Waals surface area contributed by atoms with Crippen molar-refractivity contribution in [2.45, 2.75) is 12.7 Å². The molecule has 0 unspecified atom stereocenters. The highest BCUT2D eigenvalue weighted by Gasteiger charge is 2.08. The standard InChI is InChI=1S/C4H8N2O/c7-5-6-3-1-2-4-6/h1-4H2/i1D2,2D2. The van der Waals surface area contributed by atoms with E-state index >= 15 is 0 Å². The predicted molar refractivity (Wildman–Crippen MR) is 26.6 cm³/mol. The Labute approximate surface area is 47.9 Å². The van der Waals surface area contributed by atoms with Gasteiger partial charge in [-0.1, -0.05) is 0 Å². The Bertz CT molecular complexity index is 167. The van der Waals surface area contributed by atoms with Crippen LogP contribution in [0.5, 0.6) is 0 Å². The summed E-state index contributed by atoms with van der Waals surface area (Å²) in [7, 11) is 0. The number of hydrogen-bond acceptors (Lipinski definition) is 2.